The third-order valence-corrected chi connectivity index (χ3v) is 5.35. The lowest BCUT2D eigenvalue weighted by Crippen LogP contribution is -2.32. The smallest absolute Gasteiger partial charge is 0.341 e. The van der Waals surface area contributed by atoms with Gasteiger partial charge >= 0.3 is 5.97 Å². The zero-order valence-corrected chi connectivity index (χ0v) is 14.3. The Balaban J connectivity index is 2.78. The molecule has 6 heteroatoms. The molecule has 0 saturated carbocycles. The Kier molecular flexibility index (Phi) is 6.95. The van der Waals surface area contributed by atoms with Crippen molar-refractivity contribution < 1.29 is 9.53 Å². The molecule has 0 fully saturated rings. The molecule has 1 heterocycles. The summed E-state index contributed by atoms with van der Waals surface area (Å²) in [5.74, 6) is 0.183. The molecular weight excluding hydrogens is 286 g/mol. The fourth-order valence-electron chi connectivity index (χ4n) is 2.06. The summed E-state index contributed by atoms with van der Waals surface area (Å²) >= 11 is 1.86. The van der Waals surface area contributed by atoms with Crippen molar-refractivity contribution in [3.63, 3.8) is 0 Å². The van der Waals surface area contributed by atoms with Crippen molar-refractivity contribution in [1.82, 2.24) is 9.97 Å². The molecule has 0 aliphatic heterocycles. The van der Waals surface area contributed by atoms with E-state index in [1.165, 1.54) is 6.20 Å². The molecule has 1 aromatic rings. The number of thioether (sulfide) groups is 1. The van der Waals surface area contributed by atoms with Crippen LogP contribution in [0.4, 0.5) is 5.95 Å². The highest BCUT2D eigenvalue weighted by atomic mass is 32.2. The summed E-state index contributed by atoms with van der Waals surface area (Å²) in [5.41, 5.74) is 1.05. The number of hydrogen-bond acceptors (Lipinski definition) is 6. The monoisotopic (exact) mass is 311 g/mol. The molecule has 0 unspecified atom stereocenters. The van der Waals surface area contributed by atoms with Gasteiger partial charge in [-0.25, -0.2) is 14.8 Å². The van der Waals surface area contributed by atoms with Crippen LogP contribution in [0.1, 0.15) is 49.7 Å². The van der Waals surface area contributed by atoms with Gasteiger partial charge in [0.25, 0.3) is 0 Å². The molecule has 0 aliphatic rings. The van der Waals surface area contributed by atoms with Crippen molar-refractivity contribution in [3.8, 4) is 0 Å². The first-order valence-electron chi connectivity index (χ1n) is 7.31. The minimum absolute atomic E-state index is 0.192. The summed E-state index contributed by atoms with van der Waals surface area (Å²) in [6.07, 6.45) is 5.82. The van der Waals surface area contributed by atoms with Gasteiger partial charge in [0.15, 0.2) is 0 Å². The third kappa shape index (κ3) is 4.59. The number of hydrogen-bond donors (Lipinski definition) is 1. The lowest BCUT2D eigenvalue weighted by atomic mass is 10.0. The maximum absolute atomic E-state index is 11.7. The molecule has 21 heavy (non-hydrogen) atoms. The standard InChI is InChI=1S/C15H25N3O2S/c1-6-15(7-2,21-5)10-17-14-16-9-12(11(4)18-14)13(19)20-8-3/h9H,6-8,10H2,1-5H3,(H,16,17,18). The third-order valence-electron chi connectivity index (χ3n) is 3.77. The predicted octanol–water partition coefficient (Wildman–Crippen LogP) is 3.30. The molecule has 0 aliphatic carbocycles. The molecule has 118 valence electrons. The van der Waals surface area contributed by atoms with Crippen LogP contribution in [0.15, 0.2) is 6.20 Å². The van der Waals surface area contributed by atoms with Gasteiger partial charge < -0.3 is 10.1 Å². The number of aromatic nitrogens is 2. The first-order chi connectivity index (χ1) is 10.0. The largest absolute Gasteiger partial charge is 0.462 e. The van der Waals surface area contributed by atoms with Gasteiger partial charge in [0, 0.05) is 17.5 Å². The molecule has 0 bridgehead atoms. The molecule has 1 rings (SSSR count). The lowest BCUT2D eigenvalue weighted by molar-refractivity contribution is 0.0524. The molecule has 0 atom stereocenters. The van der Waals surface area contributed by atoms with Crippen LogP contribution < -0.4 is 5.32 Å². The Bertz CT molecular complexity index is 468. The van der Waals surface area contributed by atoms with E-state index < -0.39 is 0 Å². The topological polar surface area (TPSA) is 64.1 Å². The quantitative estimate of drug-likeness (QED) is 0.743. The van der Waals surface area contributed by atoms with Crippen molar-refractivity contribution in [3.05, 3.63) is 17.5 Å². The van der Waals surface area contributed by atoms with E-state index in [-0.39, 0.29) is 10.7 Å². The minimum Gasteiger partial charge on any atom is -0.462 e. The van der Waals surface area contributed by atoms with Gasteiger partial charge in [0.2, 0.25) is 5.95 Å². The Morgan fingerprint density at radius 3 is 2.52 bits per heavy atom. The molecule has 0 spiro atoms. The highest BCUT2D eigenvalue weighted by Gasteiger charge is 2.25. The van der Waals surface area contributed by atoms with Crippen LogP contribution in [0.5, 0.6) is 0 Å². The number of rotatable bonds is 8. The van der Waals surface area contributed by atoms with Crippen LogP contribution in [0, 0.1) is 6.92 Å². The zero-order valence-electron chi connectivity index (χ0n) is 13.5. The molecule has 0 radical (unpaired) electrons. The maximum atomic E-state index is 11.7. The Labute approximate surface area is 131 Å². The Morgan fingerprint density at radius 2 is 2.05 bits per heavy atom. The highest BCUT2D eigenvalue weighted by molar-refractivity contribution is 8.00. The number of nitrogens with zero attached hydrogens (tertiary/aromatic N) is 2. The van der Waals surface area contributed by atoms with Crippen LogP contribution in [-0.2, 0) is 4.74 Å². The summed E-state index contributed by atoms with van der Waals surface area (Å²) < 4.78 is 5.16. The number of aryl methyl sites for hydroxylation is 1. The Morgan fingerprint density at radius 1 is 1.38 bits per heavy atom. The minimum atomic E-state index is -0.373. The fourth-order valence-corrected chi connectivity index (χ4v) is 2.86. The number of anilines is 1. The molecule has 5 nitrogen and oxygen atoms in total. The van der Waals surface area contributed by atoms with Crippen molar-refractivity contribution in [2.45, 2.75) is 45.3 Å². The zero-order chi connectivity index (χ0) is 15.9. The molecule has 0 aromatic carbocycles. The second-order valence-corrected chi connectivity index (χ2v) is 6.14. The number of nitrogens with one attached hydrogen (secondary N) is 1. The van der Waals surface area contributed by atoms with E-state index in [9.17, 15) is 4.79 Å². The lowest BCUT2D eigenvalue weighted by Gasteiger charge is -2.29. The molecular formula is C15H25N3O2S. The average Bonchev–Trinajstić information content (AvgIpc) is 2.49. The predicted molar refractivity (Wildman–Crippen MR) is 88.0 cm³/mol. The highest BCUT2D eigenvalue weighted by Crippen LogP contribution is 2.30. The second-order valence-electron chi connectivity index (χ2n) is 4.86. The van der Waals surface area contributed by atoms with Crippen molar-refractivity contribution in [2.24, 2.45) is 0 Å². The van der Waals surface area contributed by atoms with Gasteiger partial charge in [-0.05, 0) is 32.9 Å². The van der Waals surface area contributed by atoms with E-state index >= 15 is 0 Å². The molecule has 0 amide bonds. The summed E-state index contributed by atoms with van der Waals surface area (Å²) in [6.45, 7) is 9.11. The maximum Gasteiger partial charge on any atom is 0.341 e. The normalized spacial score (nSPS) is 11.3. The van der Waals surface area contributed by atoms with Crippen LogP contribution in [-0.4, -0.2) is 40.1 Å². The van der Waals surface area contributed by atoms with Crippen LogP contribution in [0.3, 0.4) is 0 Å². The average molecular weight is 311 g/mol. The molecule has 0 saturated heterocycles. The Hall–Kier alpha value is -1.30. The van der Waals surface area contributed by atoms with E-state index in [1.54, 1.807) is 13.8 Å². The van der Waals surface area contributed by atoms with Gasteiger partial charge in [0.05, 0.1) is 17.9 Å². The van der Waals surface area contributed by atoms with Crippen molar-refractivity contribution in [1.29, 1.82) is 0 Å². The van der Waals surface area contributed by atoms with Crippen LogP contribution >= 0.6 is 11.8 Å². The first kappa shape index (κ1) is 17.8. The molecule has 1 aromatic heterocycles. The van der Waals surface area contributed by atoms with E-state index in [2.05, 4.69) is 35.4 Å². The number of carbonyl (C=O) groups is 1. The molecule has 1 N–H and O–H groups in total. The van der Waals surface area contributed by atoms with Gasteiger partial charge in [-0.1, -0.05) is 13.8 Å². The fraction of sp³-hybridized carbons (Fsp3) is 0.667. The van der Waals surface area contributed by atoms with Gasteiger partial charge in [-0.2, -0.15) is 11.8 Å². The van der Waals surface area contributed by atoms with Gasteiger partial charge in [-0.15, -0.1) is 0 Å². The van der Waals surface area contributed by atoms with Crippen LogP contribution in [0.2, 0.25) is 0 Å². The summed E-state index contributed by atoms with van der Waals surface area (Å²) in [5, 5.41) is 3.28. The van der Waals surface area contributed by atoms with Crippen LogP contribution in [0.25, 0.3) is 0 Å². The number of esters is 1. The second kappa shape index (κ2) is 8.22. The SMILES string of the molecule is CCOC(=O)c1cnc(NCC(CC)(CC)SC)nc1C. The summed E-state index contributed by atoms with van der Waals surface area (Å²) in [4.78, 5) is 20.3. The van der Waals surface area contributed by atoms with Gasteiger partial charge in [0.1, 0.15) is 0 Å². The van der Waals surface area contributed by atoms with Crippen molar-refractivity contribution >= 4 is 23.7 Å². The van der Waals surface area contributed by atoms with E-state index in [0.717, 1.165) is 19.4 Å². The van der Waals surface area contributed by atoms with Crippen molar-refractivity contribution in [2.75, 3.05) is 24.7 Å². The van der Waals surface area contributed by atoms with E-state index in [1.807, 2.05) is 11.8 Å². The van der Waals surface area contributed by atoms with E-state index in [4.69, 9.17) is 4.74 Å². The summed E-state index contributed by atoms with van der Waals surface area (Å²) in [7, 11) is 0. The summed E-state index contributed by atoms with van der Waals surface area (Å²) in [6, 6.07) is 0. The number of ether oxygens (including phenoxy) is 1. The van der Waals surface area contributed by atoms with Gasteiger partial charge in [-0.3, -0.25) is 0 Å². The number of carbonyl (C=O) groups excluding carboxylic acids is 1. The first-order valence-corrected chi connectivity index (χ1v) is 8.54. The van der Waals surface area contributed by atoms with E-state index in [0.29, 0.717) is 23.8 Å².